The van der Waals surface area contributed by atoms with Gasteiger partial charge >= 0.3 is 5.97 Å². The first kappa shape index (κ1) is 16.2. The third kappa shape index (κ3) is 4.65. The highest BCUT2D eigenvalue weighted by Gasteiger charge is 2.07. The number of hydrogen-bond donors (Lipinski definition) is 1. The summed E-state index contributed by atoms with van der Waals surface area (Å²) in [6.07, 6.45) is 7.47. The second kappa shape index (κ2) is 7.74. The van der Waals surface area contributed by atoms with E-state index in [1.54, 1.807) is 60.9 Å². The average Bonchev–Trinajstić information content (AvgIpc) is 3.15. The molecule has 124 valence electrons. The fourth-order valence-corrected chi connectivity index (χ4v) is 2.00. The predicted octanol–water partition coefficient (Wildman–Crippen LogP) is 3.55. The highest BCUT2D eigenvalue weighted by atomic mass is 16.5. The van der Waals surface area contributed by atoms with Crippen LogP contribution in [0.15, 0.2) is 77.7 Å². The smallest absolute Gasteiger partial charge is 0.336 e. The van der Waals surface area contributed by atoms with Crippen LogP contribution < -0.4 is 10.1 Å². The van der Waals surface area contributed by atoms with Gasteiger partial charge in [0.1, 0.15) is 11.5 Å². The van der Waals surface area contributed by atoms with Crippen molar-refractivity contribution in [2.45, 2.75) is 0 Å². The van der Waals surface area contributed by atoms with E-state index in [2.05, 4.69) is 10.3 Å². The summed E-state index contributed by atoms with van der Waals surface area (Å²) in [5.74, 6) is 0.0824. The quantitative estimate of drug-likeness (QED) is 0.438. The van der Waals surface area contributed by atoms with Crippen molar-refractivity contribution in [3.05, 3.63) is 84.6 Å². The van der Waals surface area contributed by atoms with Crippen LogP contribution in [-0.2, 0) is 4.79 Å². The van der Waals surface area contributed by atoms with Gasteiger partial charge in [0.2, 0.25) is 0 Å². The molecule has 0 radical (unpaired) electrons. The van der Waals surface area contributed by atoms with Crippen LogP contribution in [-0.4, -0.2) is 16.9 Å². The van der Waals surface area contributed by atoms with Crippen LogP contribution in [0, 0.1) is 0 Å². The molecular weight excluding hydrogens is 320 g/mol. The molecule has 1 amide bonds. The first-order chi connectivity index (χ1) is 12.2. The molecule has 6 heteroatoms. The Morgan fingerprint density at radius 3 is 2.60 bits per heavy atom. The van der Waals surface area contributed by atoms with Crippen molar-refractivity contribution in [2.75, 3.05) is 5.32 Å². The van der Waals surface area contributed by atoms with E-state index in [1.165, 1.54) is 18.4 Å². The lowest BCUT2D eigenvalue weighted by molar-refractivity contribution is -0.128. The molecule has 0 saturated heterocycles. The first-order valence-corrected chi connectivity index (χ1v) is 7.45. The number of nitrogens with zero attached hydrogens (tertiary/aromatic N) is 1. The van der Waals surface area contributed by atoms with E-state index in [9.17, 15) is 9.59 Å². The molecule has 0 aliphatic heterocycles. The number of pyridine rings is 1. The van der Waals surface area contributed by atoms with Crippen LogP contribution >= 0.6 is 0 Å². The SMILES string of the molecule is O=C(C=Cc1ccco1)Oc1ccc(C(=O)Nc2cccnc2)cc1. The van der Waals surface area contributed by atoms with E-state index < -0.39 is 5.97 Å². The molecule has 2 aromatic heterocycles. The van der Waals surface area contributed by atoms with E-state index in [0.717, 1.165) is 0 Å². The molecule has 3 rings (SSSR count). The van der Waals surface area contributed by atoms with E-state index >= 15 is 0 Å². The Kier molecular flexibility index (Phi) is 5.01. The zero-order valence-electron chi connectivity index (χ0n) is 13.1. The summed E-state index contributed by atoms with van der Waals surface area (Å²) < 4.78 is 10.2. The molecule has 0 fully saturated rings. The largest absolute Gasteiger partial charge is 0.465 e. The Bertz CT molecular complexity index is 870. The lowest BCUT2D eigenvalue weighted by Crippen LogP contribution is -2.12. The van der Waals surface area contributed by atoms with Gasteiger partial charge in [0.15, 0.2) is 0 Å². The summed E-state index contributed by atoms with van der Waals surface area (Å²) in [7, 11) is 0. The van der Waals surface area contributed by atoms with Gasteiger partial charge in [0, 0.05) is 17.8 Å². The lowest BCUT2D eigenvalue weighted by Gasteiger charge is -2.05. The highest BCUT2D eigenvalue weighted by molar-refractivity contribution is 6.04. The van der Waals surface area contributed by atoms with Gasteiger partial charge in [-0.25, -0.2) is 4.79 Å². The number of carbonyl (C=O) groups excluding carboxylic acids is 2. The third-order valence-corrected chi connectivity index (χ3v) is 3.18. The second-order valence-corrected chi connectivity index (χ2v) is 4.99. The van der Waals surface area contributed by atoms with E-state index in [1.807, 2.05) is 0 Å². The molecule has 6 nitrogen and oxygen atoms in total. The molecule has 0 bridgehead atoms. The van der Waals surface area contributed by atoms with Crippen LogP contribution in [0.4, 0.5) is 5.69 Å². The zero-order valence-corrected chi connectivity index (χ0v) is 13.1. The molecule has 0 unspecified atom stereocenters. The molecule has 0 spiro atoms. The van der Waals surface area contributed by atoms with Crippen molar-refractivity contribution in [3.63, 3.8) is 0 Å². The fraction of sp³-hybridized carbons (Fsp3) is 0. The van der Waals surface area contributed by atoms with Gasteiger partial charge in [-0.15, -0.1) is 0 Å². The molecule has 0 aliphatic rings. The number of ether oxygens (including phenoxy) is 1. The third-order valence-electron chi connectivity index (χ3n) is 3.18. The fourth-order valence-electron chi connectivity index (χ4n) is 2.00. The molecular formula is C19H14N2O4. The van der Waals surface area contributed by atoms with Crippen molar-refractivity contribution >= 4 is 23.6 Å². The Balaban J connectivity index is 1.58. The summed E-state index contributed by atoms with van der Waals surface area (Å²) in [6, 6.07) is 13.2. The Morgan fingerprint density at radius 2 is 1.92 bits per heavy atom. The molecule has 1 aromatic carbocycles. The monoisotopic (exact) mass is 334 g/mol. The van der Waals surface area contributed by atoms with Gasteiger partial charge in [0.05, 0.1) is 18.1 Å². The molecule has 3 aromatic rings. The van der Waals surface area contributed by atoms with Gasteiger partial charge in [-0.3, -0.25) is 9.78 Å². The van der Waals surface area contributed by atoms with E-state index in [4.69, 9.17) is 9.15 Å². The molecule has 0 saturated carbocycles. The first-order valence-electron chi connectivity index (χ1n) is 7.45. The zero-order chi connectivity index (χ0) is 17.5. The van der Waals surface area contributed by atoms with Gasteiger partial charge in [-0.05, 0) is 54.6 Å². The van der Waals surface area contributed by atoms with Gasteiger partial charge in [-0.1, -0.05) is 0 Å². The van der Waals surface area contributed by atoms with Crippen LogP contribution in [0.1, 0.15) is 16.1 Å². The summed E-state index contributed by atoms with van der Waals surface area (Å²) in [5.41, 5.74) is 1.04. The number of rotatable bonds is 5. The standard InChI is InChI=1S/C19H14N2O4/c22-18(10-9-16-4-2-12-24-16)25-17-7-5-14(6-8-17)19(23)21-15-3-1-11-20-13-15/h1-13H,(H,21,23). The maximum atomic E-state index is 12.1. The van der Waals surface area contributed by atoms with Gasteiger partial charge in [-0.2, -0.15) is 0 Å². The number of furan rings is 1. The maximum Gasteiger partial charge on any atom is 0.336 e. The number of anilines is 1. The van der Waals surface area contributed by atoms with Crippen molar-refractivity contribution in [2.24, 2.45) is 0 Å². The van der Waals surface area contributed by atoms with Crippen molar-refractivity contribution < 1.29 is 18.7 Å². The highest BCUT2D eigenvalue weighted by Crippen LogP contribution is 2.14. The van der Waals surface area contributed by atoms with Crippen molar-refractivity contribution in [1.82, 2.24) is 4.98 Å². The maximum absolute atomic E-state index is 12.1. The number of benzene rings is 1. The summed E-state index contributed by atoms with van der Waals surface area (Å²) >= 11 is 0. The normalized spacial score (nSPS) is 10.6. The second-order valence-electron chi connectivity index (χ2n) is 4.99. The predicted molar refractivity (Wildman–Crippen MR) is 92.0 cm³/mol. The topological polar surface area (TPSA) is 81.4 Å². The Hall–Kier alpha value is -3.67. The van der Waals surface area contributed by atoms with Crippen LogP contribution in [0.5, 0.6) is 5.75 Å². The minimum Gasteiger partial charge on any atom is -0.465 e. The molecule has 0 aliphatic carbocycles. The van der Waals surface area contributed by atoms with Gasteiger partial charge in [0.25, 0.3) is 5.91 Å². The Labute approximate surface area is 143 Å². The average molecular weight is 334 g/mol. The molecule has 0 atom stereocenters. The van der Waals surface area contributed by atoms with E-state index in [0.29, 0.717) is 22.8 Å². The number of carbonyl (C=O) groups is 2. The molecule has 25 heavy (non-hydrogen) atoms. The van der Waals surface area contributed by atoms with E-state index in [-0.39, 0.29) is 5.91 Å². The van der Waals surface area contributed by atoms with Crippen molar-refractivity contribution in [1.29, 1.82) is 0 Å². The number of esters is 1. The Morgan fingerprint density at radius 1 is 1.08 bits per heavy atom. The van der Waals surface area contributed by atoms with Crippen molar-refractivity contribution in [3.8, 4) is 5.75 Å². The summed E-state index contributed by atoms with van der Waals surface area (Å²) in [5, 5.41) is 2.72. The summed E-state index contributed by atoms with van der Waals surface area (Å²) in [6.45, 7) is 0. The lowest BCUT2D eigenvalue weighted by atomic mass is 10.2. The van der Waals surface area contributed by atoms with Crippen LogP contribution in [0.2, 0.25) is 0 Å². The minimum atomic E-state index is -0.538. The number of hydrogen-bond acceptors (Lipinski definition) is 5. The number of aromatic nitrogens is 1. The van der Waals surface area contributed by atoms with Gasteiger partial charge < -0.3 is 14.5 Å². The molecule has 1 N–H and O–H groups in total. The number of amides is 1. The number of nitrogens with one attached hydrogen (secondary N) is 1. The van der Waals surface area contributed by atoms with Crippen LogP contribution in [0.3, 0.4) is 0 Å². The van der Waals surface area contributed by atoms with Crippen LogP contribution in [0.25, 0.3) is 6.08 Å². The molecule has 2 heterocycles. The summed E-state index contributed by atoms with van der Waals surface area (Å²) in [4.78, 5) is 27.8. The minimum absolute atomic E-state index is 0.274.